The molecule has 0 aliphatic carbocycles. The van der Waals surface area contributed by atoms with E-state index in [4.69, 9.17) is 10.8 Å². The van der Waals surface area contributed by atoms with Crippen LogP contribution in [0, 0.1) is 10.1 Å². The fourth-order valence-corrected chi connectivity index (χ4v) is 2.56. The lowest BCUT2D eigenvalue weighted by Crippen LogP contribution is -2.48. The Bertz CT molecular complexity index is 601. The lowest BCUT2D eigenvalue weighted by atomic mass is 10.00. The van der Waals surface area contributed by atoms with Gasteiger partial charge in [0.05, 0.1) is 10.5 Å². The lowest BCUT2D eigenvalue weighted by molar-refractivity contribution is -0.384. The number of rotatable bonds is 4. The van der Waals surface area contributed by atoms with E-state index in [1.165, 1.54) is 12.1 Å². The van der Waals surface area contributed by atoms with Gasteiger partial charge in [-0.2, -0.15) is 0 Å². The number of aromatic carboxylic acids is 1. The molecule has 0 saturated carbocycles. The molecule has 8 nitrogen and oxygen atoms in total. The van der Waals surface area contributed by atoms with E-state index in [0.717, 1.165) is 18.9 Å². The highest BCUT2D eigenvalue weighted by Crippen LogP contribution is 2.33. The maximum Gasteiger partial charge on any atom is 0.335 e. The third-order valence-corrected chi connectivity index (χ3v) is 3.56. The van der Waals surface area contributed by atoms with Crippen molar-refractivity contribution in [2.45, 2.75) is 25.3 Å². The number of piperidine rings is 1. The molecule has 1 fully saturated rings. The molecular weight excluding hydrogens is 278 g/mol. The summed E-state index contributed by atoms with van der Waals surface area (Å²) in [5, 5.41) is 20.1. The van der Waals surface area contributed by atoms with Gasteiger partial charge >= 0.3 is 5.97 Å². The molecule has 0 radical (unpaired) electrons. The Morgan fingerprint density at radius 1 is 1.38 bits per heavy atom. The van der Waals surface area contributed by atoms with Crippen molar-refractivity contribution in [2.24, 2.45) is 5.73 Å². The first-order chi connectivity index (χ1) is 9.91. The summed E-state index contributed by atoms with van der Waals surface area (Å²) < 4.78 is 0. The van der Waals surface area contributed by atoms with Crippen LogP contribution in [0.25, 0.3) is 0 Å². The van der Waals surface area contributed by atoms with E-state index in [0.29, 0.717) is 13.0 Å². The molecule has 112 valence electrons. The molecule has 21 heavy (non-hydrogen) atoms. The van der Waals surface area contributed by atoms with Crippen LogP contribution in [-0.4, -0.2) is 34.5 Å². The van der Waals surface area contributed by atoms with Crippen molar-refractivity contribution in [3.05, 3.63) is 33.9 Å². The van der Waals surface area contributed by atoms with Crippen LogP contribution in [-0.2, 0) is 4.79 Å². The van der Waals surface area contributed by atoms with E-state index < -0.39 is 22.8 Å². The summed E-state index contributed by atoms with van der Waals surface area (Å²) >= 11 is 0. The lowest BCUT2D eigenvalue weighted by Gasteiger charge is -2.35. The summed E-state index contributed by atoms with van der Waals surface area (Å²) in [5.74, 6) is -1.78. The number of anilines is 1. The first kappa shape index (κ1) is 14.8. The van der Waals surface area contributed by atoms with Gasteiger partial charge in [-0.3, -0.25) is 14.9 Å². The molecule has 0 aromatic heterocycles. The van der Waals surface area contributed by atoms with E-state index in [2.05, 4.69) is 0 Å². The zero-order valence-electron chi connectivity index (χ0n) is 11.2. The smallest absolute Gasteiger partial charge is 0.335 e. The molecule has 2 rings (SSSR count). The maximum atomic E-state index is 11.5. The van der Waals surface area contributed by atoms with E-state index in [1.807, 2.05) is 0 Å². The minimum Gasteiger partial charge on any atom is -0.478 e. The topological polar surface area (TPSA) is 127 Å². The Labute approximate surface area is 120 Å². The summed E-state index contributed by atoms with van der Waals surface area (Å²) in [7, 11) is 0. The zero-order chi connectivity index (χ0) is 15.6. The van der Waals surface area contributed by atoms with Crippen LogP contribution in [0.5, 0.6) is 0 Å². The highest BCUT2D eigenvalue weighted by atomic mass is 16.6. The molecule has 8 heteroatoms. The van der Waals surface area contributed by atoms with Gasteiger partial charge in [0.1, 0.15) is 11.7 Å². The third kappa shape index (κ3) is 2.93. The summed E-state index contributed by atoms with van der Waals surface area (Å²) in [6.07, 6.45) is 2.15. The largest absolute Gasteiger partial charge is 0.478 e. The van der Waals surface area contributed by atoms with Gasteiger partial charge in [-0.15, -0.1) is 0 Å². The van der Waals surface area contributed by atoms with Gasteiger partial charge in [0.15, 0.2) is 0 Å². The van der Waals surface area contributed by atoms with Crippen molar-refractivity contribution >= 4 is 23.3 Å². The number of nitro benzene ring substituents is 1. The number of carboxylic acid groups (broad SMARTS) is 1. The van der Waals surface area contributed by atoms with Crippen LogP contribution < -0.4 is 10.6 Å². The average molecular weight is 293 g/mol. The Balaban J connectivity index is 2.48. The van der Waals surface area contributed by atoms with Gasteiger partial charge in [0.2, 0.25) is 5.91 Å². The van der Waals surface area contributed by atoms with Crippen molar-refractivity contribution in [1.82, 2.24) is 0 Å². The number of amides is 1. The molecule has 3 N–H and O–H groups in total. The number of nitrogens with two attached hydrogens (primary N) is 1. The quantitative estimate of drug-likeness (QED) is 0.633. The molecule has 1 aromatic carbocycles. The van der Waals surface area contributed by atoms with Crippen LogP contribution in [0.4, 0.5) is 11.4 Å². The summed E-state index contributed by atoms with van der Waals surface area (Å²) in [4.78, 5) is 34.6. The fraction of sp³-hybridized carbons (Fsp3) is 0.385. The molecule has 1 saturated heterocycles. The number of carbonyl (C=O) groups excluding carboxylic acids is 1. The molecule has 1 atom stereocenters. The predicted octanol–water partition coefficient (Wildman–Crippen LogP) is 1.14. The number of hydrogen-bond acceptors (Lipinski definition) is 5. The second kappa shape index (κ2) is 5.78. The number of primary amides is 1. The molecule has 0 spiro atoms. The zero-order valence-corrected chi connectivity index (χ0v) is 11.2. The Kier molecular flexibility index (Phi) is 4.06. The first-order valence-corrected chi connectivity index (χ1v) is 6.49. The van der Waals surface area contributed by atoms with E-state index >= 15 is 0 Å². The standard InChI is InChI=1S/C13H15N3O5/c14-12(17)10-3-1-2-6-15(10)9-5-4-8(13(18)19)7-11(9)16(20)21/h4-5,7,10H,1-3,6H2,(H2,14,17)(H,18,19). The number of carboxylic acids is 1. The first-order valence-electron chi connectivity index (χ1n) is 6.49. The predicted molar refractivity (Wildman–Crippen MR) is 74.2 cm³/mol. The van der Waals surface area contributed by atoms with Crippen molar-refractivity contribution in [1.29, 1.82) is 0 Å². The summed E-state index contributed by atoms with van der Waals surface area (Å²) in [6.45, 7) is 0.473. The Hall–Kier alpha value is -2.64. The Morgan fingerprint density at radius 2 is 2.10 bits per heavy atom. The molecular formula is C13H15N3O5. The van der Waals surface area contributed by atoms with Gasteiger partial charge < -0.3 is 15.7 Å². The normalized spacial score (nSPS) is 18.3. The monoisotopic (exact) mass is 293 g/mol. The van der Waals surface area contributed by atoms with Crippen molar-refractivity contribution in [3.63, 3.8) is 0 Å². The van der Waals surface area contributed by atoms with Crippen molar-refractivity contribution in [2.75, 3.05) is 11.4 Å². The van der Waals surface area contributed by atoms with Gasteiger partial charge in [-0.25, -0.2) is 4.79 Å². The number of carbonyl (C=O) groups is 2. The number of nitro groups is 1. The van der Waals surface area contributed by atoms with E-state index in [9.17, 15) is 19.7 Å². The van der Waals surface area contributed by atoms with Crippen LogP contribution >= 0.6 is 0 Å². The molecule has 0 bridgehead atoms. The highest BCUT2D eigenvalue weighted by Gasteiger charge is 2.31. The molecule has 1 heterocycles. The maximum absolute atomic E-state index is 11.5. The fourth-order valence-electron chi connectivity index (χ4n) is 2.56. The second-order valence-corrected chi connectivity index (χ2v) is 4.87. The number of benzene rings is 1. The summed E-state index contributed by atoms with van der Waals surface area (Å²) in [5.41, 5.74) is 5.09. The van der Waals surface area contributed by atoms with Gasteiger partial charge in [0, 0.05) is 12.6 Å². The molecule has 1 aromatic rings. The molecule has 1 amide bonds. The van der Waals surface area contributed by atoms with Crippen LogP contribution in [0.15, 0.2) is 18.2 Å². The average Bonchev–Trinajstić information content (AvgIpc) is 2.46. The minimum atomic E-state index is -1.24. The number of hydrogen-bond donors (Lipinski definition) is 2. The molecule has 1 aliphatic heterocycles. The van der Waals surface area contributed by atoms with Crippen molar-refractivity contribution in [3.8, 4) is 0 Å². The minimum absolute atomic E-state index is 0.168. The second-order valence-electron chi connectivity index (χ2n) is 4.87. The highest BCUT2D eigenvalue weighted by molar-refractivity contribution is 5.91. The Morgan fingerprint density at radius 3 is 2.67 bits per heavy atom. The van der Waals surface area contributed by atoms with Crippen LogP contribution in [0.3, 0.4) is 0 Å². The van der Waals surface area contributed by atoms with E-state index in [1.54, 1.807) is 4.90 Å². The van der Waals surface area contributed by atoms with Crippen molar-refractivity contribution < 1.29 is 19.6 Å². The van der Waals surface area contributed by atoms with Crippen LogP contribution in [0.2, 0.25) is 0 Å². The third-order valence-electron chi connectivity index (χ3n) is 3.56. The SMILES string of the molecule is NC(=O)C1CCCCN1c1ccc(C(=O)O)cc1[N+](=O)[O-]. The molecule has 1 aliphatic rings. The molecule has 1 unspecified atom stereocenters. The van der Waals surface area contributed by atoms with Crippen LogP contribution in [0.1, 0.15) is 29.6 Å². The van der Waals surface area contributed by atoms with Gasteiger partial charge in [-0.1, -0.05) is 0 Å². The van der Waals surface area contributed by atoms with Gasteiger partial charge in [0.25, 0.3) is 5.69 Å². The summed E-state index contributed by atoms with van der Waals surface area (Å²) in [6, 6.07) is 3.05. The number of nitrogens with zero attached hydrogens (tertiary/aromatic N) is 2. The van der Waals surface area contributed by atoms with E-state index in [-0.39, 0.29) is 16.9 Å². The van der Waals surface area contributed by atoms with Gasteiger partial charge in [-0.05, 0) is 31.4 Å².